The van der Waals surface area contributed by atoms with Crippen LogP contribution < -0.4 is 0 Å². The summed E-state index contributed by atoms with van der Waals surface area (Å²) in [6, 6.07) is 2.97. The first-order valence-electron chi connectivity index (χ1n) is 5.07. The van der Waals surface area contributed by atoms with Crippen molar-refractivity contribution in [3.05, 3.63) is 28.8 Å². The van der Waals surface area contributed by atoms with Gasteiger partial charge in [-0.2, -0.15) is 0 Å². The quantitative estimate of drug-likeness (QED) is 0.741. The van der Waals surface area contributed by atoms with Crippen molar-refractivity contribution in [3.63, 3.8) is 0 Å². The van der Waals surface area contributed by atoms with E-state index in [9.17, 15) is 14.7 Å². The van der Waals surface area contributed by atoms with Crippen molar-refractivity contribution in [1.82, 2.24) is 0 Å². The number of aliphatic carboxylic acids is 2. The zero-order chi connectivity index (χ0) is 13.2. The molecule has 0 fully saturated rings. The van der Waals surface area contributed by atoms with Crippen LogP contribution in [0.1, 0.15) is 29.0 Å². The molecule has 1 rings (SSSR count). The lowest BCUT2D eigenvalue weighted by atomic mass is 9.92. The number of aryl methyl sites for hydroxylation is 2. The highest BCUT2D eigenvalue weighted by molar-refractivity contribution is 5.83. The standard InChI is InChI=1S/C12H14O5/c1-6-3-8(10(13)4-7(6)2)9(12(16)17)5-11(14)15/h3-4,9,13H,5H2,1-2H3,(H,14,15)(H,16,17). The molecule has 1 atom stereocenters. The summed E-state index contributed by atoms with van der Waals surface area (Å²) in [4.78, 5) is 21.6. The van der Waals surface area contributed by atoms with Crippen LogP contribution in [0.25, 0.3) is 0 Å². The van der Waals surface area contributed by atoms with E-state index in [4.69, 9.17) is 10.2 Å². The van der Waals surface area contributed by atoms with Gasteiger partial charge in [0.05, 0.1) is 12.3 Å². The van der Waals surface area contributed by atoms with Crippen LogP contribution >= 0.6 is 0 Å². The first-order valence-corrected chi connectivity index (χ1v) is 5.07. The van der Waals surface area contributed by atoms with Crippen LogP contribution in [0.5, 0.6) is 5.75 Å². The van der Waals surface area contributed by atoms with E-state index in [1.807, 2.05) is 0 Å². The summed E-state index contributed by atoms with van der Waals surface area (Å²) < 4.78 is 0. The van der Waals surface area contributed by atoms with Gasteiger partial charge in [-0.05, 0) is 31.0 Å². The first kappa shape index (κ1) is 13.0. The van der Waals surface area contributed by atoms with E-state index >= 15 is 0 Å². The van der Waals surface area contributed by atoms with Gasteiger partial charge in [-0.25, -0.2) is 0 Å². The molecule has 0 amide bonds. The van der Waals surface area contributed by atoms with Crippen molar-refractivity contribution in [3.8, 4) is 5.75 Å². The third kappa shape index (κ3) is 2.96. The number of phenolic OH excluding ortho intramolecular Hbond substituents is 1. The van der Waals surface area contributed by atoms with Crippen LogP contribution in [0, 0.1) is 13.8 Å². The predicted octanol–water partition coefficient (Wildman–Crippen LogP) is 1.65. The molecule has 0 spiro atoms. The largest absolute Gasteiger partial charge is 0.508 e. The molecule has 3 N–H and O–H groups in total. The van der Waals surface area contributed by atoms with Gasteiger partial charge in [-0.1, -0.05) is 6.07 Å². The molecule has 1 unspecified atom stereocenters. The number of carboxylic acids is 2. The van der Waals surface area contributed by atoms with Crippen LogP contribution in [0.2, 0.25) is 0 Å². The summed E-state index contributed by atoms with van der Waals surface area (Å²) in [6.45, 7) is 3.56. The van der Waals surface area contributed by atoms with Crippen LogP contribution in [0.3, 0.4) is 0 Å². The molecule has 1 aromatic carbocycles. The van der Waals surface area contributed by atoms with Crippen molar-refractivity contribution in [2.45, 2.75) is 26.2 Å². The molecular weight excluding hydrogens is 224 g/mol. The average molecular weight is 238 g/mol. The molecule has 1 aromatic rings. The molecular formula is C12H14O5. The van der Waals surface area contributed by atoms with Crippen molar-refractivity contribution in [2.24, 2.45) is 0 Å². The fourth-order valence-electron chi connectivity index (χ4n) is 1.61. The fraction of sp³-hybridized carbons (Fsp3) is 0.333. The van der Waals surface area contributed by atoms with E-state index in [1.54, 1.807) is 13.8 Å². The number of benzene rings is 1. The average Bonchev–Trinajstić information content (AvgIpc) is 2.20. The Morgan fingerprint density at radius 2 is 1.71 bits per heavy atom. The van der Waals surface area contributed by atoms with Crippen molar-refractivity contribution >= 4 is 11.9 Å². The monoisotopic (exact) mass is 238 g/mol. The Labute approximate surface area is 98.3 Å². The SMILES string of the molecule is Cc1cc(O)c(C(CC(=O)O)C(=O)O)cc1C. The minimum absolute atomic E-state index is 0.142. The fourth-order valence-corrected chi connectivity index (χ4v) is 1.61. The molecule has 0 aliphatic carbocycles. The van der Waals surface area contributed by atoms with Crippen LogP contribution in [-0.2, 0) is 9.59 Å². The Bertz CT molecular complexity index is 464. The first-order chi connectivity index (χ1) is 7.82. The van der Waals surface area contributed by atoms with E-state index < -0.39 is 24.3 Å². The highest BCUT2D eigenvalue weighted by Crippen LogP contribution is 2.31. The molecule has 0 aliphatic rings. The van der Waals surface area contributed by atoms with Gasteiger partial charge in [0.1, 0.15) is 5.75 Å². The number of hydrogen-bond acceptors (Lipinski definition) is 3. The third-order valence-corrected chi connectivity index (χ3v) is 2.70. The van der Waals surface area contributed by atoms with Gasteiger partial charge >= 0.3 is 11.9 Å². The van der Waals surface area contributed by atoms with E-state index in [1.165, 1.54) is 12.1 Å². The van der Waals surface area contributed by atoms with Crippen molar-refractivity contribution < 1.29 is 24.9 Å². The molecule has 0 saturated heterocycles. The van der Waals surface area contributed by atoms with Gasteiger partial charge in [0.15, 0.2) is 0 Å². The smallest absolute Gasteiger partial charge is 0.311 e. The summed E-state index contributed by atoms with van der Waals surface area (Å²) in [6.07, 6.45) is -0.550. The highest BCUT2D eigenvalue weighted by Gasteiger charge is 2.26. The number of rotatable bonds is 4. The van der Waals surface area contributed by atoms with Gasteiger partial charge in [0.2, 0.25) is 0 Å². The molecule has 0 saturated carbocycles. The minimum atomic E-state index is -1.26. The Morgan fingerprint density at radius 1 is 1.18 bits per heavy atom. The number of aromatic hydroxyl groups is 1. The molecule has 0 aromatic heterocycles. The van der Waals surface area contributed by atoms with Crippen molar-refractivity contribution in [2.75, 3.05) is 0 Å². The maximum absolute atomic E-state index is 11.0. The summed E-state index contributed by atoms with van der Waals surface area (Å²) in [5.41, 5.74) is 1.78. The number of hydrogen-bond donors (Lipinski definition) is 3. The summed E-state index contributed by atoms with van der Waals surface area (Å²) in [5, 5.41) is 27.3. The lowest BCUT2D eigenvalue weighted by molar-refractivity contribution is -0.145. The van der Waals surface area contributed by atoms with Gasteiger partial charge in [0, 0.05) is 5.56 Å². The second kappa shape index (κ2) is 4.86. The summed E-state index contributed by atoms with van der Waals surface area (Å²) in [7, 11) is 0. The maximum Gasteiger partial charge on any atom is 0.311 e. The molecule has 5 nitrogen and oxygen atoms in total. The van der Waals surface area contributed by atoms with Crippen molar-refractivity contribution in [1.29, 1.82) is 0 Å². The molecule has 0 radical (unpaired) electrons. The summed E-state index contributed by atoms with van der Waals surface area (Å²) in [5.74, 6) is -3.88. The van der Waals surface area contributed by atoms with E-state index in [2.05, 4.69) is 0 Å². The lowest BCUT2D eigenvalue weighted by Gasteiger charge is -2.14. The molecule has 17 heavy (non-hydrogen) atoms. The lowest BCUT2D eigenvalue weighted by Crippen LogP contribution is -2.16. The number of carbonyl (C=O) groups is 2. The number of carboxylic acid groups (broad SMARTS) is 2. The zero-order valence-corrected chi connectivity index (χ0v) is 9.60. The Kier molecular flexibility index (Phi) is 3.73. The van der Waals surface area contributed by atoms with E-state index in [0.717, 1.165) is 11.1 Å². The highest BCUT2D eigenvalue weighted by atomic mass is 16.4. The van der Waals surface area contributed by atoms with Crippen LogP contribution in [-0.4, -0.2) is 27.3 Å². The molecule has 0 bridgehead atoms. The van der Waals surface area contributed by atoms with Gasteiger partial charge in [-0.15, -0.1) is 0 Å². The van der Waals surface area contributed by atoms with E-state index in [0.29, 0.717) is 0 Å². The Morgan fingerprint density at radius 3 is 2.18 bits per heavy atom. The van der Waals surface area contributed by atoms with Gasteiger partial charge < -0.3 is 15.3 Å². The maximum atomic E-state index is 11.0. The second-order valence-corrected chi connectivity index (χ2v) is 3.98. The second-order valence-electron chi connectivity index (χ2n) is 3.98. The van der Waals surface area contributed by atoms with Gasteiger partial charge in [-0.3, -0.25) is 9.59 Å². The molecule has 0 heterocycles. The normalized spacial score (nSPS) is 12.1. The van der Waals surface area contributed by atoms with Crippen LogP contribution in [0.15, 0.2) is 12.1 Å². The Hall–Kier alpha value is -2.04. The Balaban J connectivity index is 3.23. The molecule has 0 aliphatic heterocycles. The topological polar surface area (TPSA) is 94.8 Å². The predicted molar refractivity (Wildman–Crippen MR) is 60.2 cm³/mol. The molecule has 92 valence electrons. The number of phenols is 1. The van der Waals surface area contributed by atoms with Crippen LogP contribution in [0.4, 0.5) is 0 Å². The van der Waals surface area contributed by atoms with Gasteiger partial charge in [0.25, 0.3) is 0 Å². The summed E-state index contributed by atoms with van der Waals surface area (Å²) >= 11 is 0. The third-order valence-electron chi connectivity index (χ3n) is 2.70. The minimum Gasteiger partial charge on any atom is -0.508 e. The van der Waals surface area contributed by atoms with E-state index in [-0.39, 0.29) is 11.3 Å². The molecule has 5 heteroatoms. The zero-order valence-electron chi connectivity index (χ0n) is 9.60.